The zero-order valence-electron chi connectivity index (χ0n) is 19.6. The molecule has 2 aliphatic carbocycles. The quantitative estimate of drug-likeness (QED) is 0.222. The van der Waals surface area contributed by atoms with Gasteiger partial charge in [-0.15, -0.1) is 23.2 Å². The maximum Gasteiger partial charge on any atom is 0.254 e. The van der Waals surface area contributed by atoms with Crippen molar-refractivity contribution in [3.63, 3.8) is 0 Å². The summed E-state index contributed by atoms with van der Waals surface area (Å²) < 4.78 is 0. The first-order valence-electron chi connectivity index (χ1n) is 12.0. The van der Waals surface area contributed by atoms with Gasteiger partial charge in [0.05, 0.1) is 23.0 Å². The fourth-order valence-corrected chi connectivity index (χ4v) is 8.22. The average Bonchev–Trinajstić information content (AvgIpc) is 3.23. The number of imide groups is 2. The van der Waals surface area contributed by atoms with Crippen LogP contribution in [0.4, 0.5) is 5.69 Å². The topological polar surface area (TPSA) is 95.0 Å². The molecule has 1 N–H and O–H groups in total. The minimum absolute atomic E-state index is 0.112. The molecule has 1 saturated carbocycles. The van der Waals surface area contributed by atoms with Gasteiger partial charge in [-0.1, -0.05) is 57.4 Å². The van der Waals surface area contributed by atoms with Gasteiger partial charge in [0.2, 0.25) is 11.8 Å². The van der Waals surface area contributed by atoms with Gasteiger partial charge in [-0.2, -0.15) is 0 Å². The highest BCUT2D eigenvalue weighted by atomic mass is 79.9. The van der Waals surface area contributed by atoms with E-state index >= 15 is 0 Å². The summed E-state index contributed by atoms with van der Waals surface area (Å²) in [5.41, 5.74) is 1.23. The molecule has 0 radical (unpaired) electrons. The molecule has 2 aliphatic heterocycles. The van der Waals surface area contributed by atoms with E-state index in [1.165, 1.54) is 6.07 Å². The Kier molecular flexibility index (Phi) is 6.00. The molecule has 4 aliphatic rings. The minimum Gasteiger partial charge on any atom is -0.508 e. The van der Waals surface area contributed by atoms with E-state index in [1.54, 1.807) is 42.5 Å². The van der Waals surface area contributed by atoms with Crippen molar-refractivity contribution < 1.29 is 24.3 Å². The van der Waals surface area contributed by atoms with Gasteiger partial charge in [0, 0.05) is 16.5 Å². The van der Waals surface area contributed by atoms with Crippen LogP contribution in [0.1, 0.15) is 24.3 Å². The Morgan fingerprint density at radius 1 is 0.947 bits per heavy atom. The first kappa shape index (κ1) is 25.9. The van der Waals surface area contributed by atoms with Crippen molar-refractivity contribution in [2.45, 2.75) is 28.5 Å². The maximum atomic E-state index is 13.9. The second-order valence-electron chi connectivity index (χ2n) is 10.0. The van der Waals surface area contributed by atoms with Gasteiger partial charge >= 0.3 is 0 Å². The number of fused-ring (bicyclic) bond motifs is 4. The summed E-state index contributed by atoms with van der Waals surface area (Å²) in [6.45, 7) is 0. The molecule has 4 amide bonds. The summed E-state index contributed by atoms with van der Waals surface area (Å²) >= 11 is 23.5. The Balaban J connectivity index is 1.52. The van der Waals surface area contributed by atoms with Crippen molar-refractivity contribution in [3.05, 3.63) is 70.8 Å². The van der Waals surface area contributed by atoms with Crippen molar-refractivity contribution in [2.75, 3.05) is 10.4 Å². The summed E-state index contributed by atoms with van der Waals surface area (Å²) in [6.07, 6.45) is 1.95. The second kappa shape index (κ2) is 8.81. The summed E-state index contributed by atoms with van der Waals surface area (Å²) in [6, 6.07) is 12.8. The largest absolute Gasteiger partial charge is 0.508 e. The average molecular weight is 639 g/mol. The van der Waals surface area contributed by atoms with Crippen molar-refractivity contribution in [1.29, 1.82) is 0 Å². The van der Waals surface area contributed by atoms with Crippen LogP contribution in [0.15, 0.2) is 60.2 Å². The number of para-hydroxylation sites is 1. The molecule has 6 rings (SSSR count). The number of alkyl halides is 3. The molecule has 2 heterocycles. The summed E-state index contributed by atoms with van der Waals surface area (Å²) in [7, 11) is 0. The zero-order chi connectivity index (χ0) is 27.1. The van der Waals surface area contributed by atoms with Gasteiger partial charge < -0.3 is 5.11 Å². The van der Waals surface area contributed by atoms with Crippen LogP contribution < -0.4 is 4.90 Å². The standard InChI is InChI=1S/C27H20BrCl3N2O5/c28-12-32-24(37)26(30)11-18-15(21(27(26,31)25(32)38)16-3-1-2-4-19(16)34)9-10-17-20(18)23(36)33(22(17)35)14-7-5-13(29)6-8-14/h1-9,17-18,20-21,34H,10-12H2/t17-,18+,20-,21+,26+,27-/m0/s1. The molecule has 3 fully saturated rings. The number of carbonyl (C=O) groups is 4. The minimum atomic E-state index is -1.95. The number of hydrogen-bond acceptors (Lipinski definition) is 5. The first-order chi connectivity index (χ1) is 18.1. The van der Waals surface area contributed by atoms with Crippen LogP contribution in [0.5, 0.6) is 5.75 Å². The van der Waals surface area contributed by atoms with Crippen LogP contribution in [-0.2, 0) is 19.2 Å². The van der Waals surface area contributed by atoms with Crippen LogP contribution in [0.3, 0.4) is 0 Å². The number of nitrogens with zero attached hydrogens (tertiary/aromatic N) is 2. The number of allylic oxidation sites excluding steroid dienone is 2. The number of carbonyl (C=O) groups excluding carboxylic acids is 4. The Hall–Kier alpha value is -2.39. The van der Waals surface area contributed by atoms with Gasteiger partial charge in [0.25, 0.3) is 11.8 Å². The van der Waals surface area contributed by atoms with Gasteiger partial charge in [0.15, 0.2) is 9.75 Å². The highest BCUT2D eigenvalue weighted by Crippen LogP contribution is 2.66. The van der Waals surface area contributed by atoms with Crippen LogP contribution in [0.2, 0.25) is 5.02 Å². The summed E-state index contributed by atoms with van der Waals surface area (Å²) in [5.74, 6) is -5.38. The lowest BCUT2D eigenvalue weighted by molar-refractivity contribution is -0.138. The van der Waals surface area contributed by atoms with Crippen molar-refractivity contribution >= 4 is 80.0 Å². The lowest BCUT2D eigenvalue weighted by Crippen LogP contribution is -2.60. The third-order valence-electron chi connectivity index (χ3n) is 8.35. The normalized spacial score (nSPS) is 34.3. The Morgan fingerprint density at radius 3 is 2.29 bits per heavy atom. The second-order valence-corrected chi connectivity index (χ2v) is 12.2. The fraction of sp³-hybridized carbons (Fsp3) is 0.333. The molecule has 0 aromatic heterocycles. The van der Waals surface area contributed by atoms with Crippen LogP contribution in [0, 0.1) is 17.8 Å². The van der Waals surface area contributed by atoms with E-state index < -0.39 is 51.1 Å². The molecule has 0 unspecified atom stereocenters. The molecular formula is C27H20BrCl3N2O5. The van der Waals surface area contributed by atoms with Crippen LogP contribution in [-0.4, -0.2) is 48.8 Å². The zero-order valence-corrected chi connectivity index (χ0v) is 23.5. The van der Waals surface area contributed by atoms with Crippen molar-refractivity contribution in [3.8, 4) is 5.75 Å². The number of benzene rings is 2. The van der Waals surface area contributed by atoms with Crippen LogP contribution >= 0.6 is 50.7 Å². The predicted molar refractivity (Wildman–Crippen MR) is 145 cm³/mol. The number of phenols is 1. The van der Waals surface area contributed by atoms with E-state index in [1.807, 2.05) is 6.08 Å². The lowest BCUT2D eigenvalue weighted by Gasteiger charge is -2.50. The molecule has 6 atom stereocenters. The summed E-state index contributed by atoms with van der Waals surface area (Å²) in [5, 5.41) is 11.3. The molecule has 2 aromatic rings. The monoisotopic (exact) mass is 636 g/mol. The molecule has 11 heteroatoms. The van der Waals surface area contributed by atoms with Crippen LogP contribution in [0.25, 0.3) is 0 Å². The number of hydrogen-bond donors (Lipinski definition) is 1. The number of amides is 4. The molecule has 7 nitrogen and oxygen atoms in total. The van der Waals surface area contributed by atoms with Gasteiger partial charge in [-0.25, -0.2) is 0 Å². The van der Waals surface area contributed by atoms with E-state index in [0.29, 0.717) is 21.8 Å². The number of phenolic OH excluding ortho intramolecular Hbond substituents is 1. The van der Waals surface area contributed by atoms with E-state index in [0.717, 1.165) is 9.80 Å². The van der Waals surface area contributed by atoms with Gasteiger partial charge in [0.1, 0.15) is 5.75 Å². The predicted octanol–water partition coefficient (Wildman–Crippen LogP) is 4.96. The number of rotatable bonds is 3. The number of halogens is 4. The molecule has 2 saturated heterocycles. The number of likely N-dealkylation sites (tertiary alicyclic amines) is 1. The Bertz CT molecular complexity index is 1450. The maximum absolute atomic E-state index is 13.9. The third kappa shape index (κ3) is 3.20. The number of anilines is 1. The smallest absolute Gasteiger partial charge is 0.254 e. The Morgan fingerprint density at radius 2 is 1.63 bits per heavy atom. The van der Waals surface area contributed by atoms with Gasteiger partial charge in [-0.05, 0) is 49.1 Å². The molecule has 38 heavy (non-hydrogen) atoms. The van der Waals surface area contributed by atoms with E-state index in [2.05, 4.69) is 15.9 Å². The molecule has 196 valence electrons. The Labute approximate surface area is 241 Å². The van der Waals surface area contributed by atoms with E-state index in [9.17, 15) is 24.3 Å². The van der Waals surface area contributed by atoms with E-state index in [4.69, 9.17) is 34.8 Å². The van der Waals surface area contributed by atoms with Crippen molar-refractivity contribution in [2.24, 2.45) is 17.8 Å². The molecule has 0 bridgehead atoms. The highest BCUT2D eigenvalue weighted by Gasteiger charge is 2.76. The molecular weight excluding hydrogens is 619 g/mol. The fourth-order valence-electron chi connectivity index (χ4n) is 6.67. The lowest BCUT2D eigenvalue weighted by atomic mass is 9.56. The van der Waals surface area contributed by atoms with E-state index in [-0.39, 0.29) is 30.0 Å². The van der Waals surface area contributed by atoms with Crippen molar-refractivity contribution in [1.82, 2.24) is 4.90 Å². The number of aromatic hydroxyl groups is 1. The third-order valence-corrected chi connectivity index (χ3v) is 10.5. The molecule has 0 spiro atoms. The molecule has 2 aromatic carbocycles. The first-order valence-corrected chi connectivity index (χ1v) is 14.2. The SMILES string of the molecule is O=C1[C@H]2[C@H](CC=C3[C@H]2C[C@@]2(Cl)C(=O)N(CBr)C(=O)[C@@]2(Cl)[C@H]3c2ccccc2O)C(=O)N1c1ccc(Cl)cc1. The van der Waals surface area contributed by atoms with Gasteiger partial charge in [-0.3, -0.25) is 29.0 Å². The summed E-state index contributed by atoms with van der Waals surface area (Å²) in [4.78, 5) is 53.0. The highest BCUT2D eigenvalue weighted by molar-refractivity contribution is 9.09.